The molecule has 2 aliphatic carbocycles. The van der Waals surface area contributed by atoms with Crippen molar-refractivity contribution in [3.05, 3.63) is 116 Å². The van der Waals surface area contributed by atoms with Gasteiger partial charge >= 0.3 is 12.4 Å². The lowest BCUT2D eigenvalue weighted by Gasteiger charge is -2.31. The SMILES string of the molecule is CC1=CC(=CN=Nc2cc(C(F)(F)F)c(-c3cc(Cl)c(N=NC=C4C=C(C(C)(C)C)C(=O)C(C(C)(C)C)=C4)cc3C(F)(F)F)cc2Cl)C=C(C)C1=O. The van der Waals surface area contributed by atoms with E-state index in [1.54, 1.807) is 26.0 Å². The maximum absolute atomic E-state index is 14.5. The average molecular weight is 764 g/mol. The monoisotopic (exact) mass is 762 g/mol. The standard InChI is InChI=1S/C38H34Cl2F6N4O2/c1-19-9-21(10-20(2)33(19)51)17-47-49-31-15-25(37(41,42)43)23(13-29(31)39)24-14-30(40)32(16-26(24)38(44,45)46)50-48-18-22-11-27(35(3,4)5)34(52)28(12-22)36(6,7)8/h9-18H,1-8H3. The fourth-order valence-electron chi connectivity index (χ4n) is 5.41. The zero-order valence-corrected chi connectivity index (χ0v) is 30.9. The summed E-state index contributed by atoms with van der Waals surface area (Å²) in [6.45, 7) is 14.4. The van der Waals surface area contributed by atoms with E-state index in [4.69, 9.17) is 23.2 Å². The normalized spacial score (nSPS) is 16.4. The first-order valence-electron chi connectivity index (χ1n) is 15.7. The van der Waals surface area contributed by atoms with Gasteiger partial charge in [-0.1, -0.05) is 64.7 Å². The third kappa shape index (κ3) is 9.14. The Morgan fingerprint density at radius 2 is 0.904 bits per heavy atom. The third-order valence-electron chi connectivity index (χ3n) is 8.03. The average Bonchev–Trinajstić information content (AvgIpc) is 2.99. The lowest BCUT2D eigenvalue weighted by molar-refractivity contribution is -0.139. The molecule has 0 spiro atoms. The lowest BCUT2D eigenvalue weighted by Crippen LogP contribution is -2.27. The minimum atomic E-state index is -5.15. The molecule has 14 heteroatoms. The maximum atomic E-state index is 14.5. The molecule has 52 heavy (non-hydrogen) atoms. The predicted molar refractivity (Wildman–Crippen MR) is 190 cm³/mol. The molecule has 2 aromatic carbocycles. The van der Waals surface area contributed by atoms with Crippen LogP contribution in [0.5, 0.6) is 0 Å². The third-order valence-corrected chi connectivity index (χ3v) is 8.63. The van der Waals surface area contributed by atoms with Crippen LogP contribution in [0.25, 0.3) is 11.1 Å². The quantitative estimate of drug-likeness (QED) is 0.224. The fourth-order valence-corrected chi connectivity index (χ4v) is 5.81. The summed E-state index contributed by atoms with van der Waals surface area (Å²) in [4.78, 5) is 25.2. The summed E-state index contributed by atoms with van der Waals surface area (Å²) >= 11 is 12.6. The van der Waals surface area contributed by atoms with Crippen molar-refractivity contribution in [1.29, 1.82) is 0 Å². The summed E-state index contributed by atoms with van der Waals surface area (Å²) in [6.07, 6.45) is -1.56. The number of azo groups is 2. The van der Waals surface area contributed by atoms with Crippen molar-refractivity contribution in [3.8, 4) is 11.1 Å². The Labute approximate surface area is 307 Å². The molecule has 0 radical (unpaired) electrons. The van der Waals surface area contributed by atoms with Gasteiger partial charge in [0.1, 0.15) is 11.4 Å². The molecule has 0 saturated carbocycles. The van der Waals surface area contributed by atoms with E-state index in [1.807, 2.05) is 41.5 Å². The molecule has 0 aliphatic heterocycles. The Morgan fingerprint density at radius 3 is 1.23 bits per heavy atom. The van der Waals surface area contributed by atoms with Gasteiger partial charge in [-0.15, -0.1) is 10.2 Å². The highest BCUT2D eigenvalue weighted by molar-refractivity contribution is 6.34. The van der Waals surface area contributed by atoms with Gasteiger partial charge in [0.25, 0.3) is 0 Å². The van der Waals surface area contributed by atoms with E-state index in [2.05, 4.69) is 20.5 Å². The molecule has 0 bridgehead atoms. The van der Waals surface area contributed by atoms with E-state index in [0.29, 0.717) is 51.6 Å². The predicted octanol–water partition coefficient (Wildman–Crippen LogP) is 13.6. The topological polar surface area (TPSA) is 83.6 Å². The van der Waals surface area contributed by atoms with Crippen LogP contribution in [0.15, 0.2) is 115 Å². The van der Waals surface area contributed by atoms with Crippen molar-refractivity contribution in [1.82, 2.24) is 0 Å². The van der Waals surface area contributed by atoms with Crippen LogP contribution in [0, 0.1) is 10.8 Å². The van der Waals surface area contributed by atoms with Crippen LogP contribution in [-0.2, 0) is 21.9 Å². The van der Waals surface area contributed by atoms with E-state index in [0.717, 1.165) is 6.07 Å². The van der Waals surface area contributed by atoms with E-state index >= 15 is 0 Å². The van der Waals surface area contributed by atoms with Gasteiger partial charge in [0.2, 0.25) is 0 Å². The van der Waals surface area contributed by atoms with Gasteiger partial charge < -0.3 is 0 Å². The second-order valence-electron chi connectivity index (χ2n) is 14.3. The van der Waals surface area contributed by atoms with Crippen molar-refractivity contribution in [3.63, 3.8) is 0 Å². The highest BCUT2D eigenvalue weighted by atomic mass is 35.5. The van der Waals surface area contributed by atoms with Gasteiger partial charge in [-0.05, 0) is 107 Å². The molecule has 0 atom stereocenters. The van der Waals surface area contributed by atoms with E-state index < -0.39 is 66.9 Å². The van der Waals surface area contributed by atoms with Gasteiger partial charge in [-0.3, -0.25) is 9.59 Å². The molecule has 0 saturated heterocycles. The number of rotatable bonds is 5. The summed E-state index contributed by atoms with van der Waals surface area (Å²) in [5.41, 5.74) is -3.93. The van der Waals surface area contributed by atoms with Gasteiger partial charge in [-0.2, -0.15) is 36.6 Å². The number of nitrogens with zero attached hydrogens (tertiary/aromatic N) is 4. The lowest BCUT2D eigenvalue weighted by atomic mass is 9.72. The van der Waals surface area contributed by atoms with Crippen molar-refractivity contribution >= 4 is 46.1 Å². The zero-order valence-electron chi connectivity index (χ0n) is 29.4. The molecule has 0 amide bonds. The van der Waals surface area contributed by atoms with Crippen molar-refractivity contribution in [2.24, 2.45) is 31.3 Å². The largest absolute Gasteiger partial charge is 0.417 e. The first kappa shape index (κ1) is 40.4. The van der Waals surface area contributed by atoms with Crippen LogP contribution >= 0.6 is 23.2 Å². The molecule has 6 nitrogen and oxygen atoms in total. The molecule has 0 N–H and O–H groups in total. The summed E-state index contributed by atoms with van der Waals surface area (Å²) in [5, 5.41) is 14.5. The highest BCUT2D eigenvalue weighted by Gasteiger charge is 2.40. The minimum Gasteiger partial charge on any atom is -0.289 e. The smallest absolute Gasteiger partial charge is 0.289 e. The summed E-state index contributed by atoms with van der Waals surface area (Å²) < 4.78 is 86.6. The van der Waals surface area contributed by atoms with E-state index in [-0.39, 0.29) is 11.6 Å². The molecule has 2 aliphatic rings. The van der Waals surface area contributed by atoms with Gasteiger partial charge in [0.15, 0.2) is 11.6 Å². The Hall–Kier alpha value is -4.42. The van der Waals surface area contributed by atoms with Crippen LogP contribution in [0.4, 0.5) is 37.7 Å². The molecular formula is C38H34Cl2F6N4O2. The molecule has 4 rings (SSSR count). The first-order chi connectivity index (χ1) is 23.8. The number of hydrogen-bond acceptors (Lipinski definition) is 6. The van der Waals surface area contributed by atoms with Crippen molar-refractivity contribution < 1.29 is 35.9 Å². The zero-order chi connectivity index (χ0) is 39.1. The number of halogens is 8. The number of ketones is 2. The minimum absolute atomic E-state index is 0.132. The van der Waals surface area contributed by atoms with Crippen LogP contribution < -0.4 is 0 Å². The molecule has 274 valence electrons. The number of carbonyl (C=O) groups is 2. The van der Waals surface area contributed by atoms with Crippen LogP contribution in [0.2, 0.25) is 10.0 Å². The number of benzene rings is 2. The Morgan fingerprint density at radius 1 is 0.558 bits per heavy atom. The molecule has 0 fully saturated rings. The summed E-state index contributed by atoms with van der Waals surface area (Å²) in [5.74, 6) is -0.306. The van der Waals surface area contributed by atoms with E-state index in [9.17, 15) is 35.9 Å². The Kier molecular flexibility index (Phi) is 11.3. The number of carbonyl (C=O) groups excluding carboxylic acids is 2. The number of Topliss-reactive ketones (excluding diaryl/α,β-unsaturated/α-hetero) is 2. The van der Waals surface area contributed by atoms with Crippen molar-refractivity contribution in [2.45, 2.75) is 67.7 Å². The second-order valence-corrected chi connectivity index (χ2v) is 15.1. The first-order valence-corrected chi connectivity index (χ1v) is 16.5. The summed E-state index contributed by atoms with van der Waals surface area (Å²) in [7, 11) is 0. The van der Waals surface area contributed by atoms with Crippen LogP contribution in [-0.4, -0.2) is 11.6 Å². The second kappa shape index (κ2) is 14.5. The molecule has 0 unspecified atom stereocenters. The molecule has 0 heterocycles. The Balaban J connectivity index is 1.80. The summed E-state index contributed by atoms with van der Waals surface area (Å²) in [6, 6.07) is 2.44. The molecular weight excluding hydrogens is 729 g/mol. The number of allylic oxidation sites excluding steroid dienone is 10. The maximum Gasteiger partial charge on any atom is 0.417 e. The molecule has 0 aromatic heterocycles. The Bertz CT molecular complexity index is 2040. The van der Waals surface area contributed by atoms with Gasteiger partial charge in [0.05, 0.1) is 33.6 Å². The van der Waals surface area contributed by atoms with Crippen molar-refractivity contribution in [2.75, 3.05) is 0 Å². The number of alkyl halides is 6. The fraction of sp³-hybridized carbons (Fsp3) is 0.316. The van der Waals surface area contributed by atoms with Gasteiger partial charge in [0, 0.05) is 11.1 Å². The van der Waals surface area contributed by atoms with Gasteiger partial charge in [-0.25, -0.2) is 0 Å². The highest BCUT2D eigenvalue weighted by Crippen LogP contribution is 2.48. The molecule has 2 aromatic rings. The van der Waals surface area contributed by atoms with Crippen LogP contribution in [0.3, 0.4) is 0 Å². The van der Waals surface area contributed by atoms with Crippen LogP contribution in [0.1, 0.15) is 66.5 Å². The van der Waals surface area contributed by atoms with E-state index in [1.165, 1.54) is 24.6 Å². The number of hydrogen-bond donors (Lipinski definition) is 0.